The van der Waals surface area contributed by atoms with Crippen molar-refractivity contribution in [3.05, 3.63) is 21.9 Å². The number of morpholine rings is 1. The Morgan fingerprint density at radius 3 is 2.96 bits per heavy atom. The van der Waals surface area contributed by atoms with E-state index in [1.807, 2.05) is 11.3 Å². The summed E-state index contributed by atoms with van der Waals surface area (Å²) < 4.78 is 12.0. The fourth-order valence-corrected chi connectivity index (χ4v) is 4.68. The van der Waals surface area contributed by atoms with Crippen LogP contribution >= 0.6 is 11.3 Å². The van der Waals surface area contributed by atoms with Gasteiger partial charge in [0.2, 0.25) is 0 Å². The third-order valence-corrected chi connectivity index (χ3v) is 5.99. The molecule has 1 saturated carbocycles. The summed E-state index contributed by atoms with van der Waals surface area (Å²) in [6, 6.07) is 5.09. The smallest absolute Gasteiger partial charge is 0.0781 e. The molecular weight excluding hydrogens is 308 g/mol. The molecule has 0 unspecified atom stereocenters. The first kappa shape index (κ1) is 17.4. The highest BCUT2D eigenvalue weighted by molar-refractivity contribution is 7.11. The van der Waals surface area contributed by atoms with Crippen molar-refractivity contribution in [1.82, 2.24) is 9.80 Å². The lowest BCUT2D eigenvalue weighted by Gasteiger charge is -2.39. The van der Waals surface area contributed by atoms with E-state index < -0.39 is 0 Å². The Balaban J connectivity index is 1.51. The first-order chi connectivity index (χ1) is 11.1. The minimum atomic E-state index is 0.365. The maximum atomic E-state index is 6.14. The van der Waals surface area contributed by atoms with Crippen molar-refractivity contribution >= 4 is 11.3 Å². The van der Waals surface area contributed by atoms with E-state index in [1.54, 1.807) is 0 Å². The van der Waals surface area contributed by atoms with Gasteiger partial charge in [0.15, 0.2) is 0 Å². The van der Waals surface area contributed by atoms with Crippen LogP contribution in [0.3, 0.4) is 0 Å². The lowest BCUT2D eigenvalue weighted by Crippen LogP contribution is -2.50. The second kappa shape index (κ2) is 8.08. The van der Waals surface area contributed by atoms with Crippen LogP contribution in [0.25, 0.3) is 0 Å². The molecule has 0 amide bonds. The Kier molecular flexibility index (Phi) is 6.10. The summed E-state index contributed by atoms with van der Waals surface area (Å²) in [7, 11) is 4.17. The Morgan fingerprint density at radius 2 is 2.22 bits per heavy atom. The van der Waals surface area contributed by atoms with Crippen molar-refractivity contribution in [1.29, 1.82) is 0 Å². The van der Waals surface area contributed by atoms with E-state index in [-0.39, 0.29) is 0 Å². The van der Waals surface area contributed by atoms with Gasteiger partial charge in [0.1, 0.15) is 0 Å². The molecule has 0 radical (unpaired) electrons. The Morgan fingerprint density at radius 1 is 1.35 bits per heavy atom. The van der Waals surface area contributed by atoms with Crippen LogP contribution in [-0.4, -0.2) is 69.0 Å². The summed E-state index contributed by atoms with van der Waals surface area (Å²) in [4.78, 5) is 7.69. The zero-order chi connectivity index (χ0) is 16.2. The fraction of sp³-hybridized carbons (Fsp3) is 0.778. The van der Waals surface area contributed by atoms with Crippen molar-refractivity contribution in [3.8, 4) is 0 Å². The normalized spacial score (nSPS) is 28.4. The summed E-state index contributed by atoms with van der Waals surface area (Å²) in [5.74, 6) is 0.565. The lowest BCUT2D eigenvalue weighted by atomic mass is 10.0. The summed E-state index contributed by atoms with van der Waals surface area (Å²) in [6.45, 7) is 7.85. The summed E-state index contributed by atoms with van der Waals surface area (Å²) in [5.41, 5.74) is 0. The van der Waals surface area contributed by atoms with Crippen molar-refractivity contribution < 1.29 is 9.47 Å². The Labute approximate surface area is 144 Å². The number of thiophene rings is 1. The second-order valence-corrected chi connectivity index (χ2v) is 8.47. The van der Waals surface area contributed by atoms with Crippen LogP contribution in [0.5, 0.6) is 0 Å². The number of hydrogen-bond acceptors (Lipinski definition) is 5. The van der Waals surface area contributed by atoms with Crippen LogP contribution < -0.4 is 0 Å². The standard InChI is InChI=1S/C18H30N2O2S/c1-14-4-6-16(23-14)12-20-9-11-22-18-15(5-7-17(18)20)13-21-10-8-19(2)3/h4,6,15,17-18H,5,7-13H2,1-3H3/t15-,17+,18+/m0/s1. The molecule has 5 heteroatoms. The van der Waals surface area contributed by atoms with E-state index in [0.717, 1.165) is 39.5 Å². The first-order valence-corrected chi connectivity index (χ1v) is 9.58. The molecule has 23 heavy (non-hydrogen) atoms. The molecule has 0 bridgehead atoms. The van der Waals surface area contributed by atoms with Crippen LogP contribution in [0.1, 0.15) is 22.6 Å². The molecule has 1 aromatic rings. The van der Waals surface area contributed by atoms with Gasteiger partial charge in [-0.1, -0.05) is 0 Å². The van der Waals surface area contributed by atoms with Crippen LogP contribution in [0.15, 0.2) is 12.1 Å². The molecule has 3 atom stereocenters. The SMILES string of the molecule is Cc1ccc(CN2CCO[C@@H]3[C@H](COCCN(C)C)CC[C@H]32)s1. The summed E-state index contributed by atoms with van der Waals surface area (Å²) in [6.07, 6.45) is 2.85. The number of fused-ring (bicyclic) bond motifs is 1. The van der Waals surface area contributed by atoms with Crippen LogP contribution in [-0.2, 0) is 16.0 Å². The van der Waals surface area contributed by atoms with Crippen LogP contribution in [0, 0.1) is 12.8 Å². The maximum absolute atomic E-state index is 6.14. The molecule has 4 nitrogen and oxygen atoms in total. The number of ether oxygens (including phenoxy) is 2. The second-order valence-electron chi connectivity index (χ2n) is 7.10. The molecular formula is C18H30N2O2S. The highest BCUT2D eigenvalue weighted by Gasteiger charge is 2.42. The predicted molar refractivity (Wildman–Crippen MR) is 95.1 cm³/mol. The molecule has 1 saturated heterocycles. The van der Waals surface area contributed by atoms with Gasteiger partial charge in [0, 0.05) is 41.3 Å². The highest BCUT2D eigenvalue weighted by Crippen LogP contribution is 2.36. The van der Waals surface area contributed by atoms with E-state index >= 15 is 0 Å². The lowest BCUT2D eigenvalue weighted by molar-refractivity contribution is -0.0881. The average molecular weight is 339 g/mol. The number of rotatable bonds is 7. The van der Waals surface area contributed by atoms with Gasteiger partial charge < -0.3 is 14.4 Å². The summed E-state index contributed by atoms with van der Waals surface area (Å²) in [5, 5.41) is 0. The Bertz CT molecular complexity index is 491. The van der Waals surface area contributed by atoms with Crippen molar-refractivity contribution in [3.63, 3.8) is 0 Å². The van der Waals surface area contributed by atoms with E-state index in [4.69, 9.17) is 9.47 Å². The molecule has 1 aliphatic carbocycles. The zero-order valence-electron chi connectivity index (χ0n) is 14.7. The molecule has 3 rings (SSSR count). The quantitative estimate of drug-likeness (QED) is 0.714. The molecule has 2 aliphatic rings. The largest absolute Gasteiger partial charge is 0.380 e. The average Bonchev–Trinajstić information content (AvgIpc) is 3.11. The van der Waals surface area contributed by atoms with Crippen molar-refractivity contribution in [2.45, 2.75) is 38.5 Å². The van der Waals surface area contributed by atoms with Gasteiger partial charge in [-0.15, -0.1) is 11.3 Å². The molecule has 1 aromatic heterocycles. The third-order valence-electron chi connectivity index (χ3n) is 5.00. The molecule has 2 fully saturated rings. The number of nitrogens with zero attached hydrogens (tertiary/aromatic N) is 2. The van der Waals surface area contributed by atoms with Gasteiger partial charge >= 0.3 is 0 Å². The fourth-order valence-electron chi connectivity index (χ4n) is 3.76. The van der Waals surface area contributed by atoms with Gasteiger partial charge in [-0.2, -0.15) is 0 Å². The van der Waals surface area contributed by atoms with Gasteiger partial charge in [-0.3, -0.25) is 4.90 Å². The van der Waals surface area contributed by atoms with Crippen molar-refractivity contribution in [2.75, 3.05) is 47.0 Å². The van der Waals surface area contributed by atoms with Gasteiger partial charge in [-0.05, 0) is 46.0 Å². The van der Waals surface area contributed by atoms with E-state index in [9.17, 15) is 0 Å². The molecule has 0 aromatic carbocycles. The van der Waals surface area contributed by atoms with Crippen molar-refractivity contribution in [2.24, 2.45) is 5.92 Å². The van der Waals surface area contributed by atoms with Gasteiger partial charge in [0.05, 0.1) is 25.9 Å². The molecule has 0 N–H and O–H groups in total. The van der Waals surface area contributed by atoms with E-state index in [0.29, 0.717) is 18.1 Å². The topological polar surface area (TPSA) is 24.9 Å². The monoisotopic (exact) mass is 338 g/mol. The van der Waals surface area contributed by atoms with Gasteiger partial charge in [-0.25, -0.2) is 0 Å². The maximum Gasteiger partial charge on any atom is 0.0781 e. The van der Waals surface area contributed by atoms with E-state index in [1.165, 1.54) is 22.6 Å². The number of aryl methyl sites for hydroxylation is 1. The zero-order valence-corrected chi connectivity index (χ0v) is 15.5. The Hall–Kier alpha value is -0.460. The van der Waals surface area contributed by atoms with Crippen LogP contribution in [0.2, 0.25) is 0 Å². The molecule has 1 aliphatic heterocycles. The molecule has 130 valence electrons. The van der Waals surface area contributed by atoms with E-state index in [2.05, 4.69) is 43.0 Å². The number of hydrogen-bond donors (Lipinski definition) is 0. The molecule has 0 spiro atoms. The first-order valence-electron chi connectivity index (χ1n) is 8.77. The molecule has 2 heterocycles. The summed E-state index contributed by atoms with van der Waals surface area (Å²) >= 11 is 1.92. The highest BCUT2D eigenvalue weighted by atomic mass is 32.1. The third kappa shape index (κ3) is 4.54. The minimum absolute atomic E-state index is 0.365. The van der Waals surface area contributed by atoms with Gasteiger partial charge in [0.25, 0.3) is 0 Å². The minimum Gasteiger partial charge on any atom is -0.380 e. The van der Waals surface area contributed by atoms with Crippen LogP contribution in [0.4, 0.5) is 0 Å². The predicted octanol–water partition coefficient (Wildman–Crippen LogP) is 2.61. The number of likely N-dealkylation sites (N-methyl/N-ethyl adjacent to an activating group) is 1.